The summed E-state index contributed by atoms with van der Waals surface area (Å²) in [6, 6.07) is 7.99. The van der Waals surface area contributed by atoms with E-state index in [-0.39, 0.29) is 12.2 Å². The van der Waals surface area contributed by atoms with Crippen molar-refractivity contribution >= 4 is 41.8 Å². The van der Waals surface area contributed by atoms with Gasteiger partial charge in [0.25, 0.3) is 0 Å². The van der Waals surface area contributed by atoms with Gasteiger partial charge < -0.3 is 37.9 Å². The molecule has 11 atom stereocenters. The summed E-state index contributed by atoms with van der Waals surface area (Å²) in [5.41, 5.74) is -8.57. The van der Waals surface area contributed by atoms with Crippen LogP contribution in [-0.4, -0.2) is 95.2 Å². The van der Waals surface area contributed by atoms with Crippen molar-refractivity contribution < 1.29 is 71.5 Å². The Balaban J connectivity index is 1.96. The van der Waals surface area contributed by atoms with E-state index < -0.39 is 118 Å². The summed E-state index contributed by atoms with van der Waals surface area (Å²) in [6.07, 6.45) is -3.10. The van der Waals surface area contributed by atoms with Crippen LogP contribution in [0.15, 0.2) is 42.5 Å². The van der Waals surface area contributed by atoms with Crippen LogP contribution < -0.4 is 0 Å². The highest BCUT2D eigenvalue weighted by Gasteiger charge is 2.85. The molecule has 4 aliphatic rings. The van der Waals surface area contributed by atoms with Crippen molar-refractivity contribution in [2.75, 3.05) is 6.61 Å². The molecule has 1 aromatic rings. The lowest BCUT2D eigenvalue weighted by molar-refractivity contribution is -0.239. The van der Waals surface area contributed by atoms with Gasteiger partial charge in [0.1, 0.15) is 23.4 Å². The van der Waals surface area contributed by atoms with E-state index in [4.69, 9.17) is 37.9 Å². The molecule has 3 fully saturated rings. The summed E-state index contributed by atoms with van der Waals surface area (Å²) in [4.78, 5) is 92.4. The number of esters is 7. The van der Waals surface area contributed by atoms with Gasteiger partial charge in [-0.3, -0.25) is 28.8 Å². The van der Waals surface area contributed by atoms with Crippen LogP contribution >= 0.6 is 0 Å². The molecular weight excluding hydrogens is 708 g/mol. The number of fused-ring (bicyclic) bond motifs is 1. The smallest absolute Gasteiger partial charge is 0.338 e. The minimum absolute atomic E-state index is 0.121. The fraction of sp³-hybridized carbons (Fsp3) is 0.615. The Morgan fingerprint density at radius 2 is 1.28 bits per heavy atom. The average molecular weight is 757 g/mol. The van der Waals surface area contributed by atoms with Gasteiger partial charge in [-0.25, -0.2) is 4.79 Å². The summed E-state index contributed by atoms with van der Waals surface area (Å²) in [5.74, 6) is -8.81. The van der Waals surface area contributed by atoms with E-state index >= 15 is 0 Å². The maximum atomic E-state index is 14.3. The van der Waals surface area contributed by atoms with Crippen molar-refractivity contribution in [1.82, 2.24) is 0 Å². The minimum atomic E-state index is -2.14. The van der Waals surface area contributed by atoms with Crippen LogP contribution in [0.4, 0.5) is 0 Å². The Kier molecular flexibility index (Phi) is 10.6. The molecule has 1 aliphatic heterocycles. The van der Waals surface area contributed by atoms with Gasteiger partial charge in [-0.2, -0.15) is 0 Å². The highest BCUT2D eigenvalue weighted by atomic mass is 16.6. The highest BCUT2D eigenvalue weighted by Crippen LogP contribution is 2.70. The van der Waals surface area contributed by atoms with Gasteiger partial charge in [-0.05, 0) is 45.9 Å². The van der Waals surface area contributed by atoms with Crippen LogP contribution in [0.1, 0.15) is 86.0 Å². The molecule has 2 saturated carbocycles. The fourth-order valence-electron chi connectivity index (χ4n) is 9.97. The Bertz CT molecular complexity index is 1750. The first-order chi connectivity index (χ1) is 25.0. The van der Waals surface area contributed by atoms with Gasteiger partial charge in [0, 0.05) is 59.8 Å². The van der Waals surface area contributed by atoms with Crippen molar-refractivity contribution in [2.24, 2.45) is 23.2 Å². The lowest BCUT2D eigenvalue weighted by atomic mass is 9.53. The first-order valence-corrected chi connectivity index (χ1v) is 17.7. The topological polar surface area (TPSA) is 193 Å². The predicted molar refractivity (Wildman–Crippen MR) is 184 cm³/mol. The molecule has 15 nitrogen and oxygen atoms in total. The van der Waals surface area contributed by atoms with Crippen LogP contribution in [0.2, 0.25) is 0 Å². The summed E-state index contributed by atoms with van der Waals surface area (Å²) in [6.45, 7) is 13.1. The molecule has 0 unspecified atom stereocenters. The van der Waals surface area contributed by atoms with Crippen molar-refractivity contribution in [3.05, 3.63) is 48.0 Å². The van der Waals surface area contributed by atoms with E-state index in [0.29, 0.717) is 0 Å². The van der Waals surface area contributed by atoms with E-state index in [1.165, 1.54) is 32.9 Å². The zero-order valence-corrected chi connectivity index (χ0v) is 32.1. The minimum Gasteiger partial charge on any atom is -0.461 e. The lowest BCUT2D eigenvalue weighted by Crippen LogP contribution is -2.64. The molecule has 3 aliphatic carbocycles. The van der Waals surface area contributed by atoms with E-state index in [1.807, 2.05) is 0 Å². The van der Waals surface area contributed by atoms with E-state index in [9.17, 15) is 33.6 Å². The van der Waals surface area contributed by atoms with Crippen molar-refractivity contribution in [1.29, 1.82) is 0 Å². The Morgan fingerprint density at radius 1 is 0.704 bits per heavy atom. The van der Waals surface area contributed by atoms with Crippen LogP contribution in [0.3, 0.4) is 0 Å². The molecule has 1 heterocycles. The first kappa shape index (κ1) is 40.4. The zero-order chi connectivity index (χ0) is 40.2. The third-order valence-corrected chi connectivity index (χ3v) is 11.2. The zero-order valence-electron chi connectivity index (χ0n) is 32.1. The summed E-state index contributed by atoms with van der Waals surface area (Å²) in [5, 5.41) is 0. The monoisotopic (exact) mass is 756 g/mol. The molecule has 2 bridgehead atoms. The maximum Gasteiger partial charge on any atom is 0.338 e. The Morgan fingerprint density at radius 3 is 1.81 bits per heavy atom. The second-order valence-electron chi connectivity index (χ2n) is 15.6. The number of benzene rings is 1. The highest BCUT2D eigenvalue weighted by molar-refractivity contribution is 5.89. The van der Waals surface area contributed by atoms with Gasteiger partial charge in [-0.15, -0.1) is 0 Å². The van der Waals surface area contributed by atoms with Gasteiger partial charge in [0.05, 0.1) is 23.5 Å². The molecule has 0 radical (unpaired) electrons. The summed E-state index contributed by atoms with van der Waals surface area (Å²) < 4.78 is 49.9. The third kappa shape index (κ3) is 6.75. The quantitative estimate of drug-likeness (QED) is 0.202. The number of carbonyl (C=O) groups is 7. The lowest BCUT2D eigenvalue weighted by Gasteiger charge is -2.53. The molecule has 54 heavy (non-hydrogen) atoms. The predicted octanol–water partition coefficient (Wildman–Crippen LogP) is 3.58. The second kappa shape index (κ2) is 14.1. The number of hydrogen-bond donors (Lipinski definition) is 0. The average Bonchev–Trinajstić information content (AvgIpc) is 3.45. The molecule has 15 heteroatoms. The maximum absolute atomic E-state index is 14.3. The number of rotatable bonds is 9. The Hall–Kier alpha value is -4.79. The SMILES string of the molecule is CC(=O)O[C@@H]1[C@H]2[C@@H](OC(C)=O)[C@](C)(OC(C)=O)C[C@]2(OC(C)=O)[C@H](OC(=O)c2ccccc2)[C@]2(C)OC[C@]13[C@H](OC(C)=O)C=C[C@H](C(C)(C)OC(C)=O)[C@@H]23. The van der Waals surface area contributed by atoms with Gasteiger partial charge in [-0.1, -0.05) is 24.3 Å². The number of hydrogen-bond acceptors (Lipinski definition) is 15. The third-order valence-electron chi connectivity index (χ3n) is 11.2. The normalized spacial score (nSPS) is 36.3. The van der Waals surface area contributed by atoms with Crippen LogP contribution in [0.5, 0.6) is 0 Å². The molecular formula is C39H48O15. The molecule has 0 amide bonds. The summed E-state index contributed by atoms with van der Waals surface area (Å²) >= 11 is 0. The fourth-order valence-corrected chi connectivity index (χ4v) is 9.97. The van der Waals surface area contributed by atoms with Gasteiger partial charge in [0.2, 0.25) is 0 Å². The van der Waals surface area contributed by atoms with E-state index in [2.05, 4.69) is 0 Å². The number of carbonyl (C=O) groups excluding carboxylic acids is 7. The molecule has 294 valence electrons. The largest absolute Gasteiger partial charge is 0.461 e. The Labute approximate surface area is 313 Å². The molecule has 0 aromatic heterocycles. The molecule has 0 spiro atoms. The van der Waals surface area contributed by atoms with E-state index in [1.54, 1.807) is 51.1 Å². The molecule has 1 saturated heterocycles. The summed E-state index contributed by atoms with van der Waals surface area (Å²) in [7, 11) is 0. The molecule has 5 rings (SSSR count). The first-order valence-electron chi connectivity index (χ1n) is 17.7. The van der Waals surface area contributed by atoms with Crippen molar-refractivity contribution in [3.63, 3.8) is 0 Å². The molecule has 1 aromatic carbocycles. The van der Waals surface area contributed by atoms with E-state index in [0.717, 1.165) is 27.7 Å². The van der Waals surface area contributed by atoms with Gasteiger partial charge >= 0.3 is 41.8 Å². The van der Waals surface area contributed by atoms with Crippen LogP contribution in [-0.2, 0) is 66.7 Å². The molecule has 0 N–H and O–H groups in total. The second-order valence-corrected chi connectivity index (χ2v) is 15.6. The van der Waals surface area contributed by atoms with Gasteiger partial charge in [0.15, 0.2) is 23.4 Å². The standard InChI is InChI=1S/C39H48O15/c1-20(40)48-28-17-16-27(35(7,8)52-23(4)43)30-37(10)34(51-33(46)26-14-12-11-13-15-26)39(54-25(6)45)18-36(9,53-24(5)44)31(49-21(2)41)29(39)32(50-22(3)42)38(28,30)19-47-37/h11-17,27-32,34H,18-19H2,1-10H3/t27-,28+,29+,30-,31+,32+,34+,36+,37+,38+,39+/m0/s1. The van der Waals surface area contributed by atoms with Crippen molar-refractivity contribution in [2.45, 2.75) is 122 Å². The van der Waals surface area contributed by atoms with Crippen LogP contribution in [0, 0.1) is 23.2 Å². The number of ether oxygens (including phenoxy) is 8. The van der Waals surface area contributed by atoms with Crippen molar-refractivity contribution in [3.8, 4) is 0 Å². The van der Waals surface area contributed by atoms with Crippen LogP contribution in [0.25, 0.3) is 0 Å².